The maximum Gasteiger partial charge on any atom is 0.256 e. The molecular weight excluding hydrogens is 278 g/mol. The highest BCUT2D eigenvalue weighted by atomic mass is 16.3. The summed E-state index contributed by atoms with van der Waals surface area (Å²) in [6, 6.07) is 9.69. The molecule has 1 aliphatic rings. The molecule has 0 radical (unpaired) electrons. The predicted octanol–water partition coefficient (Wildman–Crippen LogP) is 1.99. The first-order valence-electron chi connectivity index (χ1n) is 7.55. The van der Waals surface area contributed by atoms with Crippen LogP contribution in [0.5, 0.6) is 0 Å². The molecule has 0 bridgehead atoms. The second kappa shape index (κ2) is 6.66. The van der Waals surface area contributed by atoms with Gasteiger partial charge in [0.2, 0.25) is 0 Å². The average molecular weight is 297 g/mol. The van der Waals surface area contributed by atoms with Crippen molar-refractivity contribution in [3.05, 3.63) is 48.3 Å². The van der Waals surface area contributed by atoms with E-state index in [1.807, 2.05) is 35.2 Å². The van der Waals surface area contributed by atoms with Gasteiger partial charge in [-0.1, -0.05) is 30.3 Å². The van der Waals surface area contributed by atoms with Crippen LogP contribution in [0.4, 0.5) is 0 Å². The third-order valence-corrected chi connectivity index (χ3v) is 4.09. The number of aliphatic hydroxyl groups is 1. The molecule has 0 atom stereocenters. The van der Waals surface area contributed by atoms with Gasteiger partial charge in [-0.3, -0.25) is 4.79 Å². The van der Waals surface area contributed by atoms with Crippen LogP contribution >= 0.6 is 0 Å². The quantitative estimate of drug-likeness (QED) is 0.941. The Labute approximate surface area is 129 Å². The molecule has 1 aromatic heterocycles. The summed E-state index contributed by atoms with van der Waals surface area (Å²) >= 11 is 0. The van der Waals surface area contributed by atoms with Crippen LogP contribution in [0.25, 0.3) is 11.4 Å². The van der Waals surface area contributed by atoms with Crippen molar-refractivity contribution < 1.29 is 9.90 Å². The molecule has 5 heteroatoms. The molecule has 1 saturated heterocycles. The van der Waals surface area contributed by atoms with Crippen LogP contribution < -0.4 is 0 Å². The maximum atomic E-state index is 12.4. The highest BCUT2D eigenvalue weighted by Crippen LogP contribution is 2.19. The average Bonchev–Trinajstić information content (AvgIpc) is 2.62. The standard InChI is InChI=1S/C17H19N3O2/c21-12-13-6-8-20(9-7-13)17(22)15-10-18-16(19-11-15)14-4-2-1-3-5-14/h1-5,10-11,13,21H,6-9,12H2. The van der Waals surface area contributed by atoms with Crippen LogP contribution in [-0.2, 0) is 0 Å². The number of nitrogens with zero attached hydrogens (tertiary/aromatic N) is 3. The minimum Gasteiger partial charge on any atom is -0.396 e. The Hall–Kier alpha value is -2.27. The zero-order valence-electron chi connectivity index (χ0n) is 12.4. The molecule has 0 saturated carbocycles. The van der Waals surface area contributed by atoms with Gasteiger partial charge in [-0.15, -0.1) is 0 Å². The molecule has 1 amide bonds. The Morgan fingerprint density at radius 1 is 1.14 bits per heavy atom. The van der Waals surface area contributed by atoms with Crippen LogP contribution in [-0.4, -0.2) is 45.6 Å². The Morgan fingerprint density at radius 2 is 1.77 bits per heavy atom. The van der Waals surface area contributed by atoms with E-state index < -0.39 is 0 Å². The molecule has 3 rings (SSSR count). The lowest BCUT2D eigenvalue weighted by atomic mass is 9.97. The number of carbonyl (C=O) groups is 1. The Kier molecular flexibility index (Phi) is 4.44. The number of benzene rings is 1. The van der Waals surface area contributed by atoms with Crippen molar-refractivity contribution >= 4 is 5.91 Å². The topological polar surface area (TPSA) is 66.3 Å². The lowest BCUT2D eigenvalue weighted by molar-refractivity contribution is 0.0650. The molecule has 5 nitrogen and oxygen atoms in total. The zero-order valence-corrected chi connectivity index (χ0v) is 12.4. The van der Waals surface area contributed by atoms with Gasteiger partial charge in [0.1, 0.15) is 0 Å². The number of piperidine rings is 1. The molecule has 2 aromatic rings. The summed E-state index contributed by atoms with van der Waals surface area (Å²) in [5, 5.41) is 9.15. The summed E-state index contributed by atoms with van der Waals surface area (Å²) < 4.78 is 0. The van der Waals surface area contributed by atoms with Crippen LogP contribution in [0.15, 0.2) is 42.7 Å². The molecular formula is C17H19N3O2. The molecule has 1 aromatic carbocycles. The summed E-state index contributed by atoms with van der Waals surface area (Å²) in [5.74, 6) is 0.910. The van der Waals surface area contributed by atoms with Gasteiger partial charge in [-0.2, -0.15) is 0 Å². The number of aliphatic hydroxyl groups excluding tert-OH is 1. The number of carbonyl (C=O) groups excluding carboxylic acids is 1. The lowest BCUT2D eigenvalue weighted by Gasteiger charge is -2.31. The van der Waals surface area contributed by atoms with Gasteiger partial charge in [0.25, 0.3) is 5.91 Å². The first-order valence-corrected chi connectivity index (χ1v) is 7.55. The van der Waals surface area contributed by atoms with E-state index >= 15 is 0 Å². The summed E-state index contributed by atoms with van der Waals surface area (Å²) in [5.41, 5.74) is 1.45. The monoisotopic (exact) mass is 297 g/mol. The van der Waals surface area contributed by atoms with E-state index in [4.69, 9.17) is 5.11 Å². The number of likely N-dealkylation sites (tertiary alicyclic amines) is 1. The minimum absolute atomic E-state index is 0.0315. The van der Waals surface area contributed by atoms with Gasteiger partial charge in [0, 0.05) is 37.7 Å². The lowest BCUT2D eigenvalue weighted by Crippen LogP contribution is -2.39. The van der Waals surface area contributed by atoms with E-state index in [1.54, 1.807) is 12.4 Å². The van der Waals surface area contributed by atoms with Crippen molar-refractivity contribution in [2.45, 2.75) is 12.8 Å². The Balaban J connectivity index is 1.69. The number of amides is 1. The van der Waals surface area contributed by atoms with E-state index in [0.717, 1.165) is 18.4 Å². The molecule has 0 spiro atoms. The van der Waals surface area contributed by atoms with Gasteiger partial charge >= 0.3 is 0 Å². The van der Waals surface area contributed by atoms with Crippen molar-refractivity contribution in [1.29, 1.82) is 0 Å². The van der Waals surface area contributed by atoms with E-state index in [1.165, 1.54) is 0 Å². The molecule has 1 aliphatic heterocycles. The third-order valence-electron chi connectivity index (χ3n) is 4.09. The molecule has 22 heavy (non-hydrogen) atoms. The zero-order chi connectivity index (χ0) is 15.4. The van der Waals surface area contributed by atoms with Crippen molar-refractivity contribution in [1.82, 2.24) is 14.9 Å². The summed E-state index contributed by atoms with van der Waals surface area (Å²) in [7, 11) is 0. The normalized spacial score (nSPS) is 15.8. The maximum absolute atomic E-state index is 12.4. The smallest absolute Gasteiger partial charge is 0.256 e. The number of hydrogen-bond donors (Lipinski definition) is 1. The fourth-order valence-electron chi connectivity index (χ4n) is 2.68. The summed E-state index contributed by atoms with van der Waals surface area (Å²) in [6.45, 7) is 1.58. The van der Waals surface area contributed by atoms with Crippen molar-refractivity contribution in [3.63, 3.8) is 0 Å². The number of rotatable bonds is 3. The molecule has 0 unspecified atom stereocenters. The largest absolute Gasteiger partial charge is 0.396 e. The minimum atomic E-state index is -0.0315. The van der Waals surface area contributed by atoms with Crippen LogP contribution in [0.3, 0.4) is 0 Å². The fraction of sp³-hybridized carbons (Fsp3) is 0.353. The highest BCUT2D eigenvalue weighted by molar-refractivity contribution is 5.93. The second-order valence-corrected chi connectivity index (χ2v) is 5.58. The van der Waals surface area contributed by atoms with Gasteiger partial charge in [-0.05, 0) is 18.8 Å². The summed E-state index contributed by atoms with van der Waals surface area (Å²) in [4.78, 5) is 22.8. The van der Waals surface area contributed by atoms with Crippen LogP contribution in [0.1, 0.15) is 23.2 Å². The Bertz CT molecular complexity index is 620. The SMILES string of the molecule is O=C(c1cnc(-c2ccccc2)nc1)N1CCC(CO)CC1. The van der Waals surface area contributed by atoms with Crippen molar-refractivity contribution in [2.75, 3.05) is 19.7 Å². The van der Waals surface area contributed by atoms with Crippen molar-refractivity contribution in [3.8, 4) is 11.4 Å². The van der Waals surface area contributed by atoms with Gasteiger partial charge < -0.3 is 10.0 Å². The third kappa shape index (κ3) is 3.14. The van der Waals surface area contributed by atoms with E-state index in [2.05, 4.69) is 9.97 Å². The van der Waals surface area contributed by atoms with Crippen LogP contribution in [0.2, 0.25) is 0 Å². The molecule has 114 valence electrons. The molecule has 1 fully saturated rings. The van der Waals surface area contributed by atoms with Gasteiger partial charge in [0.05, 0.1) is 5.56 Å². The molecule has 2 heterocycles. The predicted molar refractivity (Wildman–Crippen MR) is 83.2 cm³/mol. The van der Waals surface area contributed by atoms with Crippen molar-refractivity contribution in [2.24, 2.45) is 5.92 Å². The number of aromatic nitrogens is 2. The highest BCUT2D eigenvalue weighted by Gasteiger charge is 2.23. The second-order valence-electron chi connectivity index (χ2n) is 5.58. The first kappa shape index (κ1) is 14.7. The van der Waals surface area contributed by atoms with E-state index in [0.29, 0.717) is 30.4 Å². The number of hydrogen-bond acceptors (Lipinski definition) is 4. The summed E-state index contributed by atoms with van der Waals surface area (Å²) in [6.07, 6.45) is 4.89. The fourth-order valence-corrected chi connectivity index (χ4v) is 2.68. The van der Waals surface area contributed by atoms with Crippen LogP contribution in [0, 0.1) is 5.92 Å². The Morgan fingerprint density at radius 3 is 2.36 bits per heavy atom. The van der Waals surface area contributed by atoms with Gasteiger partial charge in [0.15, 0.2) is 5.82 Å². The molecule has 0 aliphatic carbocycles. The molecule has 1 N–H and O–H groups in total. The van der Waals surface area contributed by atoms with E-state index in [9.17, 15) is 4.79 Å². The van der Waals surface area contributed by atoms with E-state index in [-0.39, 0.29) is 12.5 Å². The van der Waals surface area contributed by atoms with Gasteiger partial charge in [-0.25, -0.2) is 9.97 Å². The first-order chi connectivity index (χ1) is 10.8.